The van der Waals surface area contributed by atoms with Crippen molar-refractivity contribution >= 4 is 23.1 Å². The molecule has 3 heterocycles. The Bertz CT molecular complexity index is 792. The quantitative estimate of drug-likeness (QED) is 0.932. The zero-order chi connectivity index (χ0) is 16.4. The molecule has 0 atom stereocenters. The molecule has 7 heteroatoms. The van der Waals surface area contributed by atoms with Crippen molar-refractivity contribution in [2.24, 2.45) is 0 Å². The topological polar surface area (TPSA) is 81.9 Å². The van der Waals surface area contributed by atoms with Gasteiger partial charge in [-0.25, -0.2) is 0 Å². The zero-order valence-electron chi connectivity index (χ0n) is 13.1. The van der Waals surface area contributed by atoms with Gasteiger partial charge in [-0.2, -0.15) is 10.4 Å². The number of nitriles is 1. The van der Waals surface area contributed by atoms with Crippen molar-refractivity contribution in [1.82, 2.24) is 15.1 Å². The van der Waals surface area contributed by atoms with E-state index < -0.39 is 0 Å². The molecule has 0 unspecified atom stereocenters. The van der Waals surface area contributed by atoms with Crippen molar-refractivity contribution in [1.29, 1.82) is 5.26 Å². The van der Waals surface area contributed by atoms with E-state index in [1.54, 1.807) is 11.3 Å². The van der Waals surface area contributed by atoms with Crippen molar-refractivity contribution in [3.63, 3.8) is 0 Å². The Hall–Kier alpha value is -2.46. The normalized spacial score (nSPS) is 13.3. The van der Waals surface area contributed by atoms with E-state index in [1.165, 1.54) is 10.4 Å². The fourth-order valence-electron chi connectivity index (χ4n) is 2.60. The van der Waals surface area contributed by atoms with Gasteiger partial charge in [0.05, 0.1) is 12.2 Å². The summed E-state index contributed by atoms with van der Waals surface area (Å²) in [4.78, 5) is 15.6. The highest BCUT2D eigenvalue weighted by Crippen LogP contribution is 2.24. The van der Waals surface area contributed by atoms with Gasteiger partial charge < -0.3 is 10.2 Å². The third kappa shape index (κ3) is 3.03. The number of nitrogens with zero attached hydrogens (tertiary/aromatic N) is 4. The van der Waals surface area contributed by atoms with Gasteiger partial charge in [-0.1, -0.05) is 0 Å². The Morgan fingerprint density at radius 1 is 1.48 bits per heavy atom. The van der Waals surface area contributed by atoms with E-state index in [-0.39, 0.29) is 12.5 Å². The molecule has 1 amide bonds. The molecule has 0 bridgehead atoms. The van der Waals surface area contributed by atoms with Gasteiger partial charge in [0, 0.05) is 18.0 Å². The van der Waals surface area contributed by atoms with Gasteiger partial charge in [-0.15, -0.1) is 16.4 Å². The van der Waals surface area contributed by atoms with Crippen LogP contribution in [0.2, 0.25) is 0 Å². The van der Waals surface area contributed by atoms with Crippen LogP contribution in [0.3, 0.4) is 0 Å². The monoisotopic (exact) mass is 327 g/mol. The van der Waals surface area contributed by atoms with Crippen LogP contribution in [0.4, 0.5) is 5.82 Å². The second-order valence-corrected chi connectivity index (χ2v) is 6.53. The van der Waals surface area contributed by atoms with Gasteiger partial charge in [-0.3, -0.25) is 4.79 Å². The maximum atomic E-state index is 12.4. The summed E-state index contributed by atoms with van der Waals surface area (Å²) in [5.41, 5.74) is 3.19. The number of carbonyl (C=O) groups is 1. The molecule has 0 saturated heterocycles. The summed E-state index contributed by atoms with van der Waals surface area (Å²) in [6, 6.07) is 4.21. The van der Waals surface area contributed by atoms with Crippen LogP contribution in [0.15, 0.2) is 11.4 Å². The number of anilines is 1. The molecular weight excluding hydrogens is 310 g/mol. The Labute approximate surface area is 138 Å². The molecule has 0 aliphatic carbocycles. The number of aromatic nitrogens is 2. The number of amides is 1. The molecule has 3 rings (SSSR count). The molecule has 1 aliphatic rings. The van der Waals surface area contributed by atoms with Gasteiger partial charge in [0.15, 0.2) is 5.82 Å². The second-order valence-electron chi connectivity index (χ2n) is 5.53. The number of hydrogen-bond acceptors (Lipinski definition) is 6. The average Bonchev–Trinajstić information content (AvgIpc) is 3.03. The number of rotatable bonds is 3. The summed E-state index contributed by atoms with van der Waals surface area (Å²) >= 11 is 1.75. The third-order valence-corrected chi connectivity index (χ3v) is 5.16. The molecule has 6 nitrogen and oxygen atoms in total. The van der Waals surface area contributed by atoms with E-state index in [0.717, 1.165) is 24.2 Å². The van der Waals surface area contributed by atoms with E-state index >= 15 is 0 Å². The minimum atomic E-state index is 0.00534. The highest BCUT2D eigenvalue weighted by atomic mass is 32.1. The van der Waals surface area contributed by atoms with Crippen molar-refractivity contribution in [3.05, 3.63) is 38.7 Å². The lowest BCUT2D eigenvalue weighted by Gasteiger charge is -2.27. The van der Waals surface area contributed by atoms with Crippen LogP contribution in [-0.4, -0.2) is 34.1 Å². The van der Waals surface area contributed by atoms with E-state index in [9.17, 15) is 10.1 Å². The zero-order valence-corrected chi connectivity index (χ0v) is 13.9. The van der Waals surface area contributed by atoms with Crippen molar-refractivity contribution in [2.45, 2.75) is 26.8 Å². The SMILES string of the molecule is Cc1nnc(NCC(=O)N2CCc3sccc3C2)c(C#N)c1C. The largest absolute Gasteiger partial charge is 0.358 e. The average molecular weight is 327 g/mol. The fourth-order valence-corrected chi connectivity index (χ4v) is 3.49. The summed E-state index contributed by atoms with van der Waals surface area (Å²) in [6.07, 6.45) is 0.908. The van der Waals surface area contributed by atoms with Crippen LogP contribution >= 0.6 is 11.3 Å². The predicted octanol–water partition coefficient (Wildman–Crippen LogP) is 2.02. The first-order chi connectivity index (χ1) is 11.1. The molecule has 0 fully saturated rings. The lowest BCUT2D eigenvalue weighted by atomic mass is 10.1. The van der Waals surface area contributed by atoms with E-state index in [0.29, 0.717) is 17.9 Å². The first-order valence-corrected chi connectivity index (χ1v) is 8.29. The first kappa shape index (κ1) is 15.4. The van der Waals surface area contributed by atoms with E-state index in [2.05, 4.69) is 33.0 Å². The van der Waals surface area contributed by atoms with Gasteiger partial charge in [-0.05, 0) is 42.8 Å². The number of aryl methyl sites for hydroxylation is 1. The molecule has 1 N–H and O–H groups in total. The summed E-state index contributed by atoms with van der Waals surface area (Å²) in [5.74, 6) is 0.378. The Morgan fingerprint density at radius 3 is 3.09 bits per heavy atom. The minimum absolute atomic E-state index is 0.00534. The lowest BCUT2D eigenvalue weighted by Crippen LogP contribution is -2.39. The maximum absolute atomic E-state index is 12.4. The van der Waals surface area contributed by atoms with Crippen LogP contribution in [0.25, 0.3) is 0 Å². The molecule has 2 aromatic heterocycles. The molecule has 0 radical (unpaired) electrons. The van der Waals surface area contributed by atoms with Gasteiger partial charge in [0.2, 0.25) is 5.91 Å². The molecule has 23 heavy (non-hydrogen) atoms. The molecule has 0 aromatic carbocycles. The van der Waals surface area contributed by atoms with E-state index in [4.69, 9.17) is 0 Å². The first-order valence-electron chi connectivity index (χ1n) is 7.41. The van der Waals surface area contributed by atoms with Crippen molar-refractivity contribution < 1.29 is 4.79 Å². The Morgan fingerprint density at radius 2 is 2.30 bits per heavy atom. The number of hydrogen-bond donors (Lipinski definition) is 1. The maximum Gasteiger partial charge on any atom is 0.242 e. The summed E-state index contributed by atoms with van der Waals surface area (Å²) < 4.78 is 0. The fraction of sp³-hybridized carbons (Fsp3) is 0.375. The Balaban J connectivity index is 1.67. The van der Waals surface area contributed by atoms with Gasteiger partial charge in [0.25, 0.3) is 0 Å². The lowest BCUT2D eigenvalue weighted by molar-refractivity contribution is -0.130. The molecule has 0 saturated carbocycles. The second kappa shape index (κ2) is 6.34. The standard InChI is InChI=1S/C16H17N5OS/c1-10-11(2)19-20-16(13(10)7-17)18-8-15(22)21-5-3-14-12(9-21)4-6-23-14/h4,6H,3,5,8-9H2,1-2H3,(H,18,20). The smallest absolute Gasteiger partial charge is 0.242 e. The van der Waals surface area contributed by atoms with Crippen LogP contribution in [0, 0.1) is 25.2 Å². The van der Waals surface area contributed by atoms with Crippen LogP contribution in [0.1, 0.15) is 27.3 Å². The highest BCUT2D eigenvalue weighted by molar-refractivity contribution is 7.10. The van der Waals surface area contributed by atoms with Gasteiger partial charge in [0.1, 0.15) is 11.6 Å². The van der Waals surface area contributed by atoms with E-state index in [1.807, 2.05) is 18.7 Å². The number of nitrogens with one attached hydrogen (secondary N) is 1. The van der Waals surface area contributed by atoms with Crippen LogP contribution in [-0.2, 0) is 17.8 Å². The van der Waals surface area contributed by atoms with Crippen LogP contribution in [0.5, 0.6) is 0 Å². The number of fused-ring (bicyclic) bond motifs is 1. The predicted molar refractivity (Wildman–Crippen MR) is 88.2 cm³/mol. The minimum Gasteiger partial charge on any atom is -0.358 e. The summed E-state index contributed by atoms with van der Waals surface area (Å²) in [5, 5.41) is 22.3. The summed E-state index contributed by atoms with van der Waals surface area (Å²) in [6.45, 7) is 5.15. The Kier molecular flexibility index (Phi) is 4.26. The number of carbonyl (C=O) groups excluding carboxylic acids is 1. The van der Waals surface area contributed by atoms with Gasteiger partial charge >= 0.3 is 0 Å². The van der Waals surface area contributed by atoms with Crippen LogP contribution < -0.4 is 5.32 Å². The molecule has 1 aliphatic heterocycles. The van der Waals surface area contributed by atoms with Crippen molar-refractivity contribution in [2.75, 3.05) is 18.4 Å². The number of thiophene rings is 1. The van der Waals surface area contributed by atoms with Crippen molar-refractivity contribution in [3.8, 4) is 6.07 Å². The highest BCUT2D eigenvalue weighted by Gasteiger charge is 2.21. The molecular formula is C16H17N5OS. The molecule has 0 spiro atoms. The molecule has 2 aromatic rings. The third-order valence-electron chi connectivity index (χ3n) is 4.13. The summed E-state index contributed by atoms with van der Waals surface area (Å²) in [7, 11) is 0. The molecule has 118 valence electrons.